The smallest absolute Gasteiger partial charge is 0.0601 e. The van der Waals surface area contributed by atoms with E-state index in [0.717, 1.165) is 23.9 Å². The second-order valence-corrected chi connectivity index (χ2v) is 5.47. The largest absolute Gasteiger partial charge is 0.381 e. The maximum atomic E-state index is 5.30. The normalized spacial score (nSPS) is 50.8. The van der Waals surface area contributed by atoms with Crippen molar-refractivity contribution < 1.29 is 4.74 Å². The summed E-state index contributed by atoms with van der Waals surface area (Å²) in [5, 5.41) is 3.83. The van der Waals surface area contributed by atoms with Crippen molar-refractivity contribution in [2.75, 3.05) is 7.11 Å². The van der Waals surface area contributed by atoms with Gasteiger partial charge in [0.25, 0.3) is 0 Å². The van der Waals surface area contributed by atoms with Gasteiger partial charge in [0, 0.05) is 19.2 Å². The first-order valence-electron chi connectivity index (χ1n) is 6.14. The molecule has 3 rings (SSSR count). The van der Waals surface area contributed by atoms with E-state index in [1.807, 2.05) is 7.11 Å². The van der Waals surface area contributed by atoms with Crippen LogP contribution < -0.4 is 5.32 Å². The Labute approximate surface area is 86.4 Å². The summed E-state index contributed by atoms with van der Waals surface area (Å²) in [6.07, 6.45) is 8.99. The van der Waals surface area contributed by atoms with Gasteiger partial charge in [0.05, 0.1) is 6.10 Å². The molecule has 0 aromatic rings. The SMILES string of the molecule is COC1CC(NC2CC3CCC2C3)C1. The number of rotatable bonds is 3. The van der Waals surface area contributed by atoms with Gasteiger partial charge in [-0.1, -0.05) is 6.42 Å². The van der Waals surface area contributed by atoms with Crippen LogP contribution in [0.2, 0.25) is 0 Å². The Morgan fingerprint density at radius 1 is 1.07 bits per heavy atom. The Hall–Kier alpha value is -0.0800. The quantitative estimate of drug-likeness (QED) is 0.743. The molecule has 14 heavy (non-hydrogen) atoms. The summed E-state index contributed by atoms with van der Waals surface area (Å²) < 4.78 is 5.30. The lowest BCUT2D eigenvalue weighted by Gasteiger charge is -2.38. The molecule has 0 aromatic heterocycles. The summed E-state index contributed by atoms with van der Waals surface area (Å²) in [6.45, 7) is 0. The zero-order valence-electron chi connectivity index (χ0n) is 9.04. The highest BCUT2D eigenvalue weighted by Gasteiger charge is 2.41. The third-order valence-corrected chi connectivity index (χ3v) is 4.62. The predicted octanol–water partition coefficient (Wildman–Crippen LogP) is 1.94. The van der Waals surface area contributed by atoms with E-state index >= 15 is 0 Å². The van der Waals surface area contributed by atoms with E-state index < -0.39 is 0 Å². The Morgan fingerprint density at radius 3 is 2.50 bits per heavy atom. The van der Waals surface area contributed by atoms with E-state index in [1.165, 1.54) is 38.5 Å². The van der Waals surface area contributed by atoms with Crippen molar-refractivity contribution in [3.8, 4) is 0 Å². The van der Waals surface area contributed by atoms with E-state index in [2.05, 4.69) is 5.32 Å². The molecule has 0 amide bonds. The minimum Gasteiger partial charge on any atom is -0.381 e. The molecule has 3 saturated carbocycles. The first-order chi connectivity index (χ1) is 6.85. The summed E-state index contributed by atoms with van der Waals surface area (Å²) in [6, 6.07) is 1.63. The fourth-order valence-corrected chi connectivity index (χ4v) is 3.65. The predicted molar refractivity (Wildman–Crippen MR) is 56.2 cm³/mol. The molecule has 3 atom stereocenters. The average Bonchev–Trinajstić information content (AvgIpc) is 2.71. The van der Waals surface area contributed by atoms with Crippen LogP contribution in [0.4, 0.5) is 0 Å². The fourth-order valence-electron chi connectivity index (χ4n) is 3.65. The lowest BCUT2D eigenvalue weighted by atomic mass is 9.86. The molecule has 3 aliphatic carbocycles. The van der Waals surface area contributed by atoms with Gasteiger partial charge >= 0.3 is 0 Å². The van der Waals surface area contributed by atoms with Crippen LogP contribution in [-0.2, 0) is 4.74 Å². The maximum Gasteiger partial charge on any atom is 0.0601 e. The Balaban J connectivity index is 1.46. The molecule has 3 aliphatic rings. The number of hydrogen-bond acceptors (Lipinski definition) is 2. The van der Waals surface area contributed by atoms with Crippen molar-refractivity contribution in [2.45, 2.75) is 56.7 Å². The molecule has 0 saturated heterocycles. The highest BCUT2D eigenvalue weighted by molar-refractivity contribution is 4.97. The van der Waals surface area contributed by atoms with Crippen molar-refractivity contribution >= 4 is 0 Å². The lowest BCUT2D eigenvalue weighted by Crippen LogP contribution is -2.50. The summed E-state index contributed by atoms with van der Waals surface area (Å²) >= 11 is 0. The molecule has 0 aromatic carbocycles. The van der Waals surface area contributed by atoms with Gasteiger partial charge in [-0.25, -0.2) is 0 Å². The molecule has 0 aliphatic heterocycles. The fraction of sp³-hybridized carbons (Fsp3) is 1.00. The number of methoxy groups -OCH3 is 1. The summed E-state index contributed by atoms with van der Waals surface area (Å²) in [7, 11) is 1.83. The van der Waals surface area contributed by atoms with Gasteiger partial charge in [0.1, 0.15) is 0 Å². The summed E-state index contributed by atoms with van der Waals surface area (Å²) in [5.41, 5.74) is 0. The number of ether oxygens (including phenoxy) is 1. The first-order valence-corrected chi connectivity index (χ1v) is 6.14. The number of fused-ring (bicyclic) bond motifs is 2. The number of hydrogen-bond donors (Lipinski definition) is 1. The average molecular weight is 195 g/mol. The molecule has 0 spiro atoms. The molecule has 0 radical (unpaired) electrons. The van der Waals surface area contributed by atoms with Crippen molar-refractivity contribution in [2.24, 2.45) is 11.8 Å². The summed E-state index contributed by atoms with van der Waals surface area (Å²) in [4.78, 5) is 0. The van der Waals surface area contributed by atoms with E-state index in [1.54, 1.807) is 0 Å². The van der Waals surface area contributed by atoms with Gasteiger partial charge in [-0.05, 0) is 43.9 Å². The second-order valence-electron chi connectivity index (χ2n) is 5.47. The van der Waals surface area contributed by atoms with E-state index in [9.17, 15) is 0 Å². The monoisotopic (exact) mass is 195 g/mol. The third kappa shape index (κ3) is 1.49. The third-order valence-electron chi connectivity index (χ3n) is 4.62. The zero-order chi connectivity index (χ0) is 9.54. The first kappa shape index (κ1) is 9.17. The second kappa shape index (κ2) is 3.49. The van der Waals surface area contributed by atoms with E-state index in [0.29, 0.717) is 6.10 Å². The van der Waals surface area contributed by atoms with Crippen LogP contribution in [-0.4, -0.2) is 25.3 Å². The minimum absolute atomic E-state index is 0.547. The highest BCUT2D eigenvalue weighted by atomic mass is 16.5. The standard InChI is InChI=1S/C12H21NO/c1-14-11-6-10(7-11)13-12-5-8-2-3-9(12)4-8/h8-13H,2-7H2,1H3. The van der Waals surface area contributed by atoms with Crippen LogP contribution in [0.5, 0.6) is 0 Å². The van der Waals surface area contributed by atoms with Crippen LogP contribution in [0, 0.1) is 11.8 Å². The van der Waals surface area contributed by atoms with Crippen LogP contribution in [0.1, 0.15) is 38.5 Å². The molecular formula is C12H21NO. The van der Waals surface area contributed by atoms with Crippen LogP contribution >= 0.6 is 0 Å². The van der Waals surface area contributed by atoms with Crippen LogP contribution in [0.3, 0.4) is 0 Å². The lowest BCUT2D eigenvalue weighted by molar-refractivity contribution is 0.0121. The Bertz CT molecular complexity index is 212. The highest BCUT2D eigenvalue weighted by Crippen LogP contribution is 2.45. The molecule has 80 valence electrons. The van der Waals surface area contributed by atoms with Crippen molar-refractivity contribution in [1.29, 1.82) is 0 Å². The molecule has 0 heterocycles. The molecular weight excluding hydrogens is 174 g/mol. The molecule has 2 bridgehead atoms. The molecule has 3 unspecified atom stereocenters. The van der Waals surface area contributed by atoms with Gasteiger partial charge in [-0.15, -0.1) is 0 Å². The van der Waals surface area contributed by atoms with E-state index in [-0.39, 0.29) is 0 Å². The van der Waals surface area contributed by atoms with Crippen molar-refractivity contribution in [3.05, 3.63) is 0 Å². The van der Waals surface area contributed by atoms with Crippen molar-refractivity contribution in [1.82, 2.24) is 5.32 Å². The topological polar surface area (TPSA) is 21.3 Å². The van der Waals surface area contributed by atoms with Crippen LogP contribution in [0.15, 0.2) is 0 Å². The van der Waals surface area contributed by atoms with Gasteiger partial charge in [-0.3, -0.25) is 0 Å². The Kier molecular flexibility index (Phi) is 2.29. The van der Waals surface area contributed by atoms with Crippen LogP contribution in [0.25, 0.3) is 0 Å². The molecule has 2 nitrogen and oxygen atoms in total. The van der Waals surface area contributed by atoms with Gasteiger partial charge < -0.3 is 10.1 Å². The summed E-state index contributed by atoms with van der Waals surface area (Å²) in [5.74, 6) is 2.08. The minimum atomic E-state index is 0.547. The van der Waals surface area contributed by atoms with Gasteiger partial charge in [-0.2, -0.15) is 0 Å². The van der Waals surface area contributed by atoms with Gasteiger partial charge in [0.2, 0.25) is 0 Å². The maximum absolute atomic E-state index is 5.30. The molecule has 1 N–H and O–H groups in total. The molecule has 3 fully saturated rings. The Morgan fingerprint density at radius 2 is 1.93 bits per heavy atom. The molecule has 2 heteroatoms. The van der Waals surface area contributed by atoms with E-state index in [4.69, 9.17) is 4.74 Å². The zero-order valence-corrected chi connectivity index (χ0v) is 9.04. The van der Waals surface area contributed by atoms with Gasteiger partial charge in [0.15, 0.2) is 0 Å². The van der Waals surface area contributed by atoms with Crippen molar-refractivity contribution in [3.63, 3.8) is 0 Å². The number of nitrogens with one attached hydrogen (secondary N) is 1.